The van der Waals surface area contributed by atoms with E-state index in [1.54, 1.807) is 29.4 Å². The van der Waals surface area contributed by atoms with Crippen LogP contribution in [0.25, 0.3) is 10.6 Å². The van der Waals surface area contributed by atoms with Gasteiger partial charge in [-0.15, -0.1) is 11.3 Å². The van der Waals surface area contributed by atoms with Crippen LogP contribution in [-0.4, -0.2) is 50.8 Å². The van der Waals surface area contributed by atoms with Crippen molar-refractivity contribution in [2.24, 2.45) is 5.92 Å². The third-order valence-corrected chi connectivity index (χ3v) is 6.55. The number of carboxylic acid groups (broad SMARTS) is 1. The maximum Gasteiger partial charge on any atom is 0.335 e. The number of benzene rings is 1. The number of likely N-dealkylation sites (tertiary alicyclic amines) is 1. The number of rotatable bonds is 5. The quantitative estimate of drug-likeness (QED) is 0.613. The highest BCUT2D eigenvalue weighted by atomic mass is 32.1. The number of piperidine rings is 1. The van der Waals surface area contributed by atoms with Crippen molar-refractivity contribution in [3.8, 4) is 10.6 Å². The van der Waals surface area contributed by atoms with Crippen molar-refractivity contribution in [3.63, 3.8) is 0 Å². The van der Waals surface area contributed by atoms with E-state index in [0.717, 1.165) is 10.6 Å². The molecule has 0 bridgehead atoms. The van der Waals surface area contributed by atoms with Gasteiger partial charge in [0.2, 0.25) is 5.91 Å². The van der Waals surface area contributed by atoms with Crippen molar-refractivity contribution in [1.29, 1.82) is 0 Å². The van der Waals surface area contributed by atoms with Crippen LogP contribution in [0.4, 0.5) is 5.69 Å². The molecule has 1 fully saturated rings. The van der Waals surface area contributed by atoms with Crippen LogP contribution in [0.2, 0.25) is 0 Å². The molecule has 2 aromatic heterocycles. The fourth-order valence-electron chi connectivity index (χ4n) is 3.70. The summed E-state index contributed by atoms with van der Waals surface area (Å²) in [7, 11) is 0. The molecule has 8 nitrogen and oxygen atoms in total. The lowest BCUT2D eigenvalue weighted by Crippen LogP contribution is -2.43. The van der Waals surface area contributed by atoms with Gasteiger partial charge in [-0.2, -0.15) is 0 Å². The number of carbonyl (C=O) groups excluding carboxylic acids is 2. The normalized spacial score (nSPS) is 15.9. The summed E-state index contributed by atoms with van der Waals surface area (Å²) in [6.45, 7) is 2.70. The second-order valence-electron chi connectivity index (χ2n) is 7.64. The largest absolute Gasteiger partial charge is 0.478 e. The number of hydrogen-bond donors (Lipinski definition) is 2. The molecule has 3 heterocycles. The van der Waals surface area contributed by atoms with Crippen LogP contribution in [0.1, 0.15) is 38.6 Å². The topological polar surface area (TPSA) is 112 Å². The summed E-state index contributed by atoms with van der Waals surface area (Å²) in [5, 5.41) is 12.7. The van der Waals surface area contributed by atoms with Crippen LogP contribution in [0.15, 0.2) is 48.8 Å². The molecule has 164 valence electrons. The second-order valence-corrected chi connectivity index (χ2v) is 8.64. The van der Waals surface area contributed by atoms with E-state index in [9.17, 15) is 14.4 Å². The van der Waals surface area contributed by atoms with Crippen LogP contribution in [0.3, 0.4) is 0 Å². The minimum Gasteiger partial charge on any atom is -0.478 e. The Morgan fingerprint density at radius 3 is 2.81 bits per heavy atom. The van der Waals surface area contributed by atoms with Gasteiger partial charge in [-0.25, -0.2) is 9.78 Å². The first-order valence-corrected chi connectivity index (χ1v) is 11.1. The molecule has 32 heavy (non-hydrogen) atoms. The summed E-state index contributed by atoms with van der Waals surface area (Å²) in [4.78, 5) is 48.1. The molecular weight excluding hydrogens is 428 g/mol. The van der Waals surface area contributed by atoms with E-state index in [1.165, 1.54) is 23.5 Å². The molecule has 1 saturated heterocycles. The van der Waals surface area contributed by atoms with E-state index in [-0.39, 0.29) is 23.3 Å². The first-order chi connectivity index (χ1) is 15.4. The lowest BCUT2D eigenvalue weighted by Gasteiger charge is -2.31. The number of hydrogen-bond acceptors (Lipinski definition) is 6. The number of aromatic carboxylic acids is 1. The van der Waals surface area contributed by atoms with Crippen LogP contribution >= 0.6 is 11.3 Å². The zero-order valence-electron chi connectivity index (χ0n) is 17.4. The van der Waals surface area contributed by atoms with Gasteiger partial charge in [-0.3, -0.25) is 14.6 Å². The highest BCUT2D eigenvalue weighted by Crippen LogP contribution is 2.29. The van der Waals surface area contributed by atoms with Crippen molar-refractivity contribution in [2.75, 3.05) is 18.4 Å². The van der Waals surface area contributed by atoms with Crippen LogP contribution in [0, 0.1) is 12.8 Å². The Kier molecular flexibility index (Phi) is 6.27. The Labute approximate surface area is 188 Å². The lowest BCUT2D eigenvalue weighted by atomic mass is 9.96. The smallest absolute Gasteiger partial charge is 0.335 e. The second kappa shape index (κ2) is 9.27. The standard InChI is InChI=1S/C23H22N4O4S/c1-14-19(32-21(25-14)16-6-3-9-24-12-16)22(29)27-10-4-7-17(13-27)20(28)26-18-8-2-5-15(11-18)23(30)31/h2-3,5-6,8-9,11-12,17H,4,7,10,13H2,1H3,(H,26,28)(H,30,31). The number of amides is 2. The Hall–Kier alpha value is -3.59. The number of carboxylic acids is 1. The third kappa shape index (κ3) is 4.67. The van der Waals surface area contributed by atoms with E-state index in [0.29, 0.717) is 42.2 Å². The molecular formula is C23H22N4O4S. The van der Waals surface area contributed by atoms with Gasteiger partial charge in [0.25, 0.3) is 5.91 Å². The number of aromatic nitrogens is 2. The molecule has 1 aliphatic rings. The van der Waals surface area contributed by atoms with Crippen molar-refractivity contribution in [3.05, 3.63) is 64.9 Å². The molecule has 2 amide bonds. The van der Waals surface area contributed by atoms with Gasteiger partial charge in [0.1, 0.15) is 9.88 Å². The van der Waals surface area contributed by atoms with Gasteiger partial charge in [-0.05, 0) is 50.1 Å². The molecule has 0 aliphatic carbocycles. The molecule has 9 heteroatoms. The van der Waals surface area contributed by atoms with Crippen molar-refractivity contribution < 1.29 is 19.5 Å². The first-order valence-electron chi connectivity index (χ1n) is 10.2. The van der Waals surface area contributed by atoms with Gasteiger partial charge in [0, 0.05) is 36.7 Å². The predicted octanol–water partition coefficient (Wildman–Crippen LogP) is 3.70. The maximum atomic E-state index is 13.2. The summed E-state index contributed by atoms with van der Waals surface area (Å²) in [5.74, 6) is -1.77. The molecule has 0 saturated carbocycles. The predicted molar refractivity (Wildman–Crippen MR) is 121 cm³/mol. The molecule has 1 atom stereocenters. The zero-order chi connectivity index (χ0) is 22.7. The van der Waals surface area contributed by atoms with Gasteiger partial charge < -0.3 is 15.3 Å². The van der Waals surface area contributed by atoms with Gasteiger partial charge >= 0.3 is 5.97 Å². The van der Waals surface area contributed by atoms with Gasteiger partial charge in [0.15, 0.2) is 0 Å². The highest BCUT2D eigenvalue weighted by molar-refractivity contribution is 7.17. The summed E-state index contributed by atoms with van der Waals surface area (Å²) < 4.78 is 0. The van der Waals surface area contributed by atoms with E-state index in [2.05, 4.69) is 15.3 Å². The van der Waals surface area contributed by atoms with E-state index >= 15 is 0 Å². The van der Waals surface area contributed by atoms with E-state index < -0.39 is 5.97 Å². The van der Waals surface area contributed by atoms with Crippen molar-refractivity contribution in [1.82, 2.24) is 14.9 Å². The molecule has 1 aliphatic heterocycles. The zero-order valence-corrected chi connectivity index (χ0v) is 18.3. The van der Waals surface area contributed by atoms with E-state index in [4.69, 9.17) is 5.11 Å². The molecule has 2 N–H and O–H groups in total. The first kappa shape index (κ1) is 21.6. The fraction of sp³-hybridized carbons (Fsp3) is 0.261. The Bertz CT molecular complexity index is 1160. The summed E-state index contributed by atoms with van der Waals surface area (Å²) >= 11 is 1.33. The Morgan fingerprint density at radius 2 is 2.06 bits per heavy atom. The number of anilines is 1. The van der Waals surface area contributed by atoms with Crippen molar-refractivity contribution in [2.45, 2.75) is 19.8 Å². The van der Waals surface area contributed by atoms with Crippen LogP contribution in [-0.2, 0) is 4.79 Å². The van der Waals surface area contributed by atoms with Crippen molar-refractivity contribution >= 4 is 34.8 Å². The molecule has 1 aromatic carbocycles. The highest BCUT2D eigenvalue weighted by Gasteiger charge is 2.31. The molecule has 0 spiro atoms. The Balaban J connectivity index is 1.45. The van der Waals surface area contributed by atoms with Gasteiger partial charge in [-0.1, -0.05) is 6.07 Å². The number of carbonyl (C=O) groups is 3. The summed E-state index contributed by atoms with van der Waals surface area (Å²) in [5.41, 5.74) is 2.06. The molecule has 3 aromatic rings. The average Bonchev–Trinajstić information content (AvgIpc) is 3.21. The molecule has 4 rings (SSSR count). The average molecular weight is 451 g/mol. The van der Waals surface area contributed by atoms with Crippen LogP contribution < -0.4 is 5.32 Å². The summed E-state index contributed by atoms with van der Waals surface area (Å²) in [6.07, 6.45) is 4.78. The number of aryl methyl sites for hydroxylation is 1. The summed E-state index contributed by atoms with van der Waals surface area (Å²) in [6, 6.07) is 9.86. The van der Waals surface area contributed by atoms with Crippen LogP contribution in [0.5, 0.6) is 0 Å². The molecule has 0 radical (unpaired) electrons. The fourth-order valence-corrected chi connectivity index (χ4v) is 4.73. The lowest BCUT2D eigenvalue weighted by molar-refractivity contribution is -0.121. The number of thiazole rings is 1. The van der Waals surface area contributed by atoms with E-state index in [1.807, 2.05) is 19.1 Å². The monoisotopic (exact) mass is 450 g/mol. The SMILES string of the molecule is Cc1nc(-c2cccnc2)sc1C(=O)N1CCCC(C(=O)Nc2cccc(C(=O)O)c2)C1. The number of nitrogens with one attached hydrogen (secondary N) is 1. The minimum absolute atomic E-state index is 0.105. The van der Waals surface area contributed by atoms with Gasteiger partial charge in [0.05, 0.1) is 17.2 Å². The molecule has 1 unspecified atom stereocenters. The maximum absolute atomic E-state index is 13.2. The number of nitrogens with zero attached hydrogens (tertiary/aromatic N) is 3. The minimum atomic E-state index is -1.05. The number of pyridine rings is 1. The third-order valence-electron chi connectivity index (χ3n) is 5.36. The Morgan fingerprint density at radius 1 is 1.22 bits per heavy atom.